The summed E-state index contributed by atoms with van der Waals surface area (Å²) in [5.41, 5.74) is 5.51. The standard InChI is InChI=1S/C12H18N2O4S/c1-7(15)14-8(6-10(14)16)2-3-9(19-5-4-13)11(14)12(17)18/h7-8,15H,2-6,13H2,1H3/p+1/t7-,8?,14?/m1/s1. The third-order valence-corrected chi connectivity index (χ3v) is 5.11. The largest absolute Gasteiger partial charge is 0.474 e. The number of carboxylic acids is 1. The van der Waals surface area contributed by atoms with Crippen LogP contribution in [0.3, 0.4) is 0 Å². The maximum Gasteiger partial charge on any atom is 0.391 e. The molecule has 2 unspecified atom stereocenters. The number of hydrogen-bond acceptors (Lipinski definition) is 5. The molecule has 0 aromatic heterocycles. The third kappa shape index (κ3) is 2.01. The number of aliphatic hydroxyl groups excluding tert-OH is 1. The summed E-state index contributed by atoms with van der Waals surface area (Å²) in [6.45, 7) is 1.94. The molecule has 0 spiro atoms. The van der Waals surface area contributed by atoms with Crippen LogP contribution in [0.15, 0.2) is 10.6 Å². The van der Waals surface area contributed by atoms with Crippen LogP contribution in [0.2, 0.25) is 0 Å². The Bertz CT molecular complexity index is 449. The molecule has 2 heterocycles. The number of aliphatic hydroxyl groups is 1. The molecule has 0 radical (unpaired) electrons. The zero-order valence-corrected chi connectivity index (χ0v) is 11.7. The number of carboxylic acid groups (broad SMARTS) is 1. The van der Waals surface area contributed by atoms with Crippen LogP contribution in [-0.4, -0.2) is 51.1 Å². The van der Waals surface area contributed by atoms with Crippen molar-refractivity contribution in [3.05, 3.63) is 10.6 Å². The number of fused-ring (bicyclic) bond motifs is 1. The fourth-order valence-electron chi connectivity index (χ4n) is 3.12. The van der Waals surface area contributed by atoms with Crippen molar-refractivity contribution in [2.75, 3.05) is 12.3 Å². The van der Waals surface area contributed by atoms with Gasteiger partial charge in [-0.3, -0.25) is 0 Å². The van der Waals surface area contributed by atoms with Gasteiger partial charge in [-0.25, -0.2) is 9.59 Å². The van der Waals surface area contributed by atoms with E-state index in [1.54, 1.807) is 0 Å². The highest BCUT2D eigenvalue weighted by molar-refractivity contribution is 8.03. The maximum absolute atomic E-state index is 12.0. The summed E-state index contributed by atoms with van der Waals surface area (Å²) in [7, 11) is 0. The summed E-state index contributed by atoms with van der Waals surface area (Å²) < 4.78 is -0.401. The second-order valence-electron chi connectivity index (χ2n) is 4.91. The topological polar surface area (TPSA) is 101 Å². The molecule has 1 saturated heterocycles. The Morgan fingerprint density at radius 3 is 2.79 bits per heavy atom. The van der Waals surface area contributed by atoms with E-state index < -0.39 is 16.7 Å². The molecule has 1 amide bonds. The highest BCUT2D eigenvalue weighted by Gasteiger charge is 2.65. The first-order valence-electron chi connectivity index (χ1n) is 6.36. The van der Waals surface area contributed by atoms with Gasteiger partial charge in [0.2, 0.25) is 5.70 Å². The molecule has 0 aromatic rings. The first-order chi connectivity index (χ1) is 8.96. The van der Waals surface area contributed by atoms with Gasteiger partial charge in [0.1, 0.15) is 12.5 Å². The number of aliphatic carboxylic acids is 1. The molecule has 19 heavy (non-hydrogen) atoms. The van der Waals surface area contributed by atoms with E-state index in [-0.39, 0.29) is 17.6 Å². The lowest BCUT2D eigenvalue weighted by Gasteiger charge is -2.53. The monoisotopic (exact) mass is 287 g/mol. The van der Waals surface area contributed by atoms with Crippen LogP contribution in [0.25, 0.3) is 0 Å². The number of hydrogen-bond donors (Lipinski definition) is 3. The quantitative estimate of drug-likeness (QED) is 0.494. The minimum absolute atomic E-state index is 0.0564. The number of nitrogens with two attached hydrogens (primary N) is 1. The highest BCUT2D eigenvalue weighted by atomic mass is 32.2. The fourth-order valence-corrected chi connectivity index (χ4v) is 4.13. The molecule has 1 fully saturated rings. The lowest BCUT2D eigenvalue weighted by molar-refractivity contribution is -0.913. The number of rotatable bonds is 5. The van der Waals surface area contributed by atoms with Crippen LogP contribution >= 0.6 is 11.8 Å². The summed E-state index contributed by atoms with van der Waals surface area (Å²) >= 11 is 1.39. The van der Waals surface area contributed by atoms with Gasteiger partial charge in [-0.05, 0) is 6.42 Å². The van der Waals surface area contributed by atoms with E-state index in [2.05, 4.69) is 0 Å². The van der Waals surface area contributed by atoms with E-state index in [9.17, 15) is 19.8 Å². The smallest absolute Gasteiger partial charge is 0.391 e. The van der Waals surface area contributed by atoms with E-state index in [0.717, 1.165) is 6.42 Å². The summed E-state index contributed by atoms with van der Waals surface area (Å²) in [5, 5.41) is 19.5. The van der Waals surface area contributed by atoms with Gasteiger partial charge in [0.25, 0.3) is 0 Å². The Hall–Kier alpha value is -0.890. The van der Waals surface area contributed by atoms with E-state index >= 15 is 0 Å². The van der Waals surface area contributed by atoms with Gasteiger partial charge in [-0.1, -0.05) is 0 Å². The maximum atomic E-state index is 12.0. The molecular formula is C12H19N2O4S+. The number of quaternary nitrogens is 1. The number of allylic oxidation sites excluding steroid dienone is 1. The highest BCUT2D eigenvalue weighted by Crippen LogP contribution is 2.48. The van der Waals surface area contributed by atoms with Gasteiger partial charge in [0.05, 0.1) is 4.91 Å². The lowest BCUT2D eigenvalue weighted by Crippen LogP contribution is -2.74. The van der Waals surface area contributed by atoms with Gasteiger partial charge in [-0.15, -0.1) is 11.8 Å². The predicted molar refractivity (Wildman–Crippen MR) is 70.8 cm³/mol. The number of carbonyl (C=O) groups is 2. The number of thioether (sulfide) groups is 1. The van der Waals surface area contributed by atoms with Crippen molar-refractivity contribution in [3.8, 4) is 0 Å². The molecule has 0 aliphatic carbocycles. The Labute approximate surface area is 115 Å². The van der Waals surface area contributed by atoms with Crippen molar-refractivity contribution >= 4 is 23.6 Å². The molecule has 7 heteroatoms. The van der Waals surface area contributed by atoms with Crippen LogP contribution in [0, 0.1) is 0 Å². The van der Waals surface area contributed by atoms with Crippen molar-refractivity contribution in [2.24, 2.45) is 5.73 Å². The van der Waals surface area contributed by atoms with Gasteiger partial charge >= 0.3 is 11.9 Å². The predicted octanol–water partition coefficient (Wildman–Crippen LogP) is 0.222. The Morgan fingerprint density at radius 2 is 2.32 bits per heavy atom. The summed E-state index contributed by atoms with van der Waals surface area (Å²) in [6.07, 6.45) is 0.722. The van der Waals surface area contributed by atoms with Crippen molar-refractivity contribution in [1.29, 1.82) is 0 Å². The SMILES string of the molecule is C[C@@H](O)[N+]12C(=O)CC1CCC(SCCN)=C2C(=O)O. The molecule has 0 bridgehead atoms. The van der Waals surface area contributed by atoms with Gasteiger partial charge in [0, 0.05) is 25.6 Å². The van der Waals surface area contributed by atoms with E-state index in [1.807, 2.05) is 0 Å². The summed E-state index contributed by atoms with van der Waals surface area (Å²) in [5.74, 6) is -0.703. The molecule has 0 aromatic carbocycles. The zero-order valence-electron chi connectivity index (χ0n) is 10.8. The average Bonchev–Trinajstić information content (AvgIpc) is 2.34. The van der Waals surface area contributed by atoms with E-state index in [0.29, 0.717) is 30.0 Å². The minimum Gasteiger partial charge on any atom is -0.474 e. The number of nitrogens with zero attached hydrogens (tertiary/aromatic N) is 1. The van der Waals surface area contributed by atoms with Gasteiger partial charge in [-0.2, -0.15) is 4.48 Å². The van der Waals surface area contributed by atoms with Crippen molar-refractivity contribution in [3.63, 3.8) is 0 Å². The average molecular weight is 287 g/mol. The Morgan fingerprint density at radius 1 is 1.63 bits per heavy atom. The molecule has 106 valence electrons. The van der Waals surface area contributed by atoms with Crippen LogP contribution in [0.5, 0.6) is 0 Å². The van der Waals surface area contributed by atoms with Crippen LogP contribution < -0.4 is 5.73 Å². The normalized spacial score (nSPS) is 31.7. The van der Waals surface area contributed by atoms with Crippen molar-refractivity contribution < 1.29 is 24.3 Å². The number of amides is 1. The summed E-state index contributed by atoms with van der Waals surface area (Å²) in [6, 6.07) is -0.0965. The zero-order chi connectivity index (χ0) is 14.2. The minimum atomic E-state index is -1.11. The molecule has 4 N–H and O–H groups in total. The van der Waals surface area contributed by atoms with Crippen LogP contribution in [-0.2, 0) is 9.59 Å². The van der Waals surface area contributed by atoms with Crippen LogP contribution in [0.1, 0.15) is 26.2 Å². The molecule has 0 saturated carbocycles. The van der Waals surface area contributed by atoms with E-state index in [1.165, 1.54) is 18.7 Å². The summed E-state index contributed by atoms with van der Waals surface area (Å²) in [4.78, 5) is 24.3. The molecule has 2 rings (SSSR count). The molecule has 3 atom stereocenters. The number of carbonyl (C=O) groups excluding carboxylic acids is 1. The van der Waals surface area contributed by atoms with E-state index in [4.69, 9.17) is 5.73 Å². The van der Waals surface area contributed by atoms with Crippen LogP contribution in [0.4, 0.5) is 0 Å². The van der Waals surface area contributed by atoms with Gasteiger partial charge < -0.3 is 15.9 Å². The fraction of sp³-hybridized carbons (Fsp3) is 0.667. The molecular weight excluding hydrogens is 268 g/mol. The number of β-lactam (4-membered cyclic amide) rings is 1. The lowest BCUT2D eigenvalue weighted by atomic mass is 9.86. The Kier molecular flexibility index (Phi) is 4.00. The van der Waals surface area contributed by atoms with Crippen molar-refractivity contribution in [1.82, 2.24) is 0 Å². The van der Waals surface area contributed by atoms with Gasteiger partial charge in [0.15, 0.2) is 6.23 Å². The molecule has 2 aliphatic rings. The third-order valence-electron chi connectivity index (χ3n) is 3.92. The van der Waals surface area contributed by atoms with Crippen molar-refractivity contribution in [2.45, 2.75) is 38.5 Å². The Balaban J connectivity index is 2.49. The molecule has 2 aliphatic heterocycles. The first kappa shape index (κ1) is 14.5. The second kappa shape index (κ2) is 5.24. The first-order valence-corrected chi connectivity index (χ1v) is 7.34. The molecule has 6 nitrogen and oxygen atoms in total. The second-order valence-corrected chi connectivity index (χ2v) is 6.10.